The molecular weight excluding hydrogens is 590 g/mol. The van der Waals surface area contributed by atoms with Crippen LogP contribution in [0.2, 0.25) is 0 Å². The first kappa shape index (κ1) is 37.5. The number of phenols is 1. The van der Waals surface area contributed by atoms with Crippen LogP contribution in [-0.2, 0) is 32.0 Å². The maximum atomic E-state index is 13.9. The van der Waals surface area contributed by atoms with Gasteiger partial charge < -0.3 is 49.7 Å². The monoisotopic (exact) mass is 639 g/mol. The van der Waals surface area contributed by atoms with Crippen LogP contribution in [0.5, 0.6) is 5.75 Å². The van der Waals surface area contributed by atoms with E-state index in [4.69, 9.17) is 28.7 Å². The summed E-state index contributed by atoms with van der Waals surface area (Å²) in [5, 5.41) is 18.2. The van der Waals surface area contributed by atoms with E-state index in [0.717, 1.165) is 11.1 Å². The lowest BCUT2D eigenvalue weighted by Crippen LogP contribution is -2.58. The van der Waals surface area contributed by atoms with Crippen LogP contribution in [0.4, 0.5) is 0 Å². The molecular formula is C32H49N9O5. The molecule has 46 heavy (non-hydrogen) atoms. The molecule has 0 aliphatic carbocycles. The van der Waals surface area contributed by atoms with Crippen LogP contribution in [0.1, 0.15) is 54.4 Å². The van der Waals surface area contributed by atoms with Gasteiger partial charge in [0.25, 0.3) is 0 Å². The summed E-state index contributed by atoms with van der Waals surface area (Å²) in [6, 6.07) is 8.02. The summed E-state index contributed by atoms with van der Waals surface area (Å²) in [7, 11) is 0. The second-order valence-corrected chi connectivity index (χ2v) is 11.4. The van der Waals surface area contributed by atoms with Crippen LogP contribution >= 0.6 is 0 Å². The Labute approximate surface area is 269 Å². The Balaban J connectivity index is 2.35. The lowest BCUT2D eigenvalue weighted by Gasteiger charge is -2.26. The number of amides is 4. The molecule has 2 rings (SSSR count). The summed E-state index contributed by atoms with van der Waals surface area (Å²) in [5.41, 5.74) is 30.9. The number of nitrogens with zero attached hydrogens (tertiary/aromatic N) is 1. The molecule has 0 saturated carbocycles. The SMILES string of the molecule is Cc1cc(O)cc(C)c1C[C@H](NC(=O)[C@@H](N)CCCN=C(N)N)C(=O)N[C@@H](Cc1ccccc1)C(=O)N[C@@H](CCCCN)C(N)=O. The zero-order valence-electron chi connectivity index (χ0n) is 26.6. The molecule has 0 aliphatic rings. The fourth-order valence-corrected chi connectivity index (χ4v) is 5.02. The number of carbonyl (C=O) groups is 4. The number of hydrogen-bond acceptors (Lipinski definition) is 8. The van der Waals surface area contributed by atoms with E-state index in [-0.39, 0.29) is 37.5 Å². The third-order valence-corrected chi connectivity index (χ3v) is 7.55. The minimum absolute atomic E-state index is 0.0545. The quantitative estimate of drug-likeness (QED) is 0.0530. The number of nitrogens with two attached hydrogens (primary N) is 5. The number of guanidine groups is 1. The fourth-order valence-electron chi connectivity index (χ4n) is 5.02. The van der Waals surface area contributed by atoms with Crippen molar-refractivity contribution in [3.63, 3.8) is 0 Å². The third kappa shape index (κ3) is 12.7. The molecule has 14 N–H and O–H groups in total. The predicted molar refractivity (Wildman–Crippen MR) is 177 cm³/mol. The number of unbranched alkanes of at least 4 members (excludes halogenated alkanes) is 1. The minimum atomic E-state index is -1.14. The number of primary amides is 1. The Morgan fingerprint density at radius 3 is 1.91 bits per heavy atom. The molecule has 0 fully saturated rings. The Bertz CT molecular complexity index is 1330. The van der Waals surface area contributed by atoms with E-state index in [9.17, 15) is 24.3 Å². The first-order valence-electron chi connectivity index (χ1n) is 15.4. The number of aromatic hydroxyl groups is 1. The number of carbonyl (C=O) groups excluding carboxylic acids is 4. The highest BCUT2D eigenvalue weighted by atomic mass is 16.3. The Hall–Kier alpha value is -4.69. The zero-order chi connectivity index (χ0) is 34.2. The van der Waals surface area contributed by atoms with Gasteiger partial charge in [0.05, 0.1) is 6.04 Å². The largest absolute Gasteiger partial charge is 0.508 e. The topological polar surface area (TPSA) is 267 Å². The molecule has 4 amide bonds. The van der Waals surface area contributed by atoms with Crippen LogP contribution < -0.4 is 44.6 Å². The van der Waals surface area contributed by atoms with Gasteiger partial charge in [-0.2, -0.15) is 0 Å². The molecule has 0 heterocycles. The van der Waals surface area contributed by atoms with Crippen molar-refractivity contribution >= 4 is 29.6 Å². The van der Waals surface area contributed by atoms with Crippen LogP contribution in [0.15, 0.2) is 47.5 Å². The summed E-state index contributed by atoms with van der Waals surface area (Å²) >= 11 is 0. The van der Waals surface area contributed by atoms with Crippen molar-refractivity contribution in [2.75, 3.05) is 13.1 Å². The van der Waals surface area contributed by atoms with Gasteiger partial charge in [0, 0.05) is 19.4 Å². The number of hydrogen-bond donors (Lipinski definition) is 9. The van der Waals surface area contributed by atoms with Crippen molar-refractivity contribution in [3.05, 3.63) is 64.7 Å². The van der Waals surface area contributed by atoms with E-state index in [2.05, 4.69) is 20.9 Å². The molecule has 14 nitrogen and oxygen atoms in total. The van der Waals surface area contributed by atoms with Crippen molar-refractivity contribution in [1.82, 2.24) is 16.0 Å². The molecule has 0 aliphatic heterocycles. The molecule has 2 aromatic rings. The molecule has 252 valence electrons. The van der Waals surface area contributed by atoms with Crippen molar-refractivity contribution in [2.24, 2.45) is 33.7 Å². The van der Waals surface area contributed by atoms with Gasteiger partial charge in [0.15, 0.2) is 5.96 Å². The predicted octanol–water partition coefficient (Wildman–Crippen LogP) is -0.756. The number of aryl methyl sites for hydroxylation is 2. The van der Waals surface area contributed by atoms with Gasteiger partial charge in [-0.1, -0.05) is 30.3 Å². The lowest BCUT2D eigenvalue weighted by atomic mass is 9.94. The van der Waals surface area contributed by atoms with Gasteiger partial charge >= 0.3 is 0 Å². The van der Waals surface area contributed by atoms with Crippen molar-refractivity contribution in [3.8, 4) is 5.75 Å². The molecule has 2 aromatic carbocycles. The lowest BCUT2D eigenvalue weighted by molar-refractivity contribution is -0.133. The average Bonchev–Trinajstić information content (AvgIpc) is 2.99. The summed E-state index contributed by atoms with van der Waals surface area (Å²) in [6.45, 7) is 4.29. The van der Waals surface area contributed by atoms with Crippen molar-refractivity contribution in [1.29, 1.82) is 0 Å². The summed E-state index contributed by atoms with van der Waals surface area (Å²) < 4.78 is 0. The van der Waals surface area contributed by atoms with Crippen LogP contribution in [0.25, 0.3) is 0 Å². The number of nitrogens with one attached hydrogen (secondary N) is 3. The van der Waals surface area contributed by atoms with E-state index in [0.29, 0.717) is 43.4 Å². The average molecular weight is 640 g/mol. The number of aliphatic imine (C=N–C) groups is 1. The molecule has 0 saturated heterocycles. The fraction of sp³-hybridized carbons (Fsp3) is 0.469. The number of benzene rings is 2. The highest BCUT2D eigenvalue weighted by Gasteiger charge is 2.31. The summed E-state index contributed by atoms with van der Waals surface area (Å²) in [5.74, 6) is -2.51. The van der Waals surface area contributed by atoms with E-state index in [1.165, 1.54) is 0 Å². The smallest absolute Gasteiger partial charge is 0.243 e. The van der Waals surface area contributed by atoms with Crippen LogP contribution in [0, 0.1) is 13.8 Å². The second-order valence-electron chi connectivity index (χ2n) is 11.4. The molecule has 0 bridgehead atoms. The van der Waals surface area contributed by atoms with Gasteiger partial charge in [-0.3, -0.25) is 24.2 Å². The zero-order valence-corrected chi connectivity index (χ0v) is 26.6. The van der Waals surface area contributed by atoms with Gasteiger partial charge in [-0.05, 0) is 86.9 Å². The Morgan fingerprint density at radius 2 is 1.35 bits per heavy atom. The standard InChI is InChI=1S/C32H49N9O5/c1-19-15-22(42)16-20(2)23(19)18-27(40-29(44)24(34)11-8-14-38-32(36)37)31(46)41-26(17-21-9-4-3-5-10-21)30(45)39-25(28(35)43)12-6-7-13-33/h3-5,9-10,15-16,24-27,42H,6-8,11-14,17-18,33-34H2,1-2H3,(H2,35,43)(H,39,45)(H,40,44)(H,41,46)(H4,36,37,38)/t24-,25-,26-,27-/m0/s1. The third-order valence-electron chi connectivity index (χ3n) is 7.55. The van der Waals surface area contributed by atoms with Crippen molar-refractivity contribution in [2.45, 2.75) is 83.0 Å². The minimum Gasteiger partial charge on any atom is -0.508 e. The van der Waals surface area contributed by atoms with E-state index in [1.54, 1.807) is 38.1 Å². The molecule has 0 unspecified atom stereocenters. The van der Waals surface area contributed by atoms with Gasteiger partial charge in [-0.15, -0.1) is 0 Å². The van der Waals surface area contributed by atoms with Gasteiger partial charge in [-0.25, -0.2) is 0 Å². The van der Waals surface area contributed by atoms with Gasteiger partial charge in [0.1, 0.15) is 23.9 Å². The van der Waals surface area contributed by atoms with Crippen LogP contribution in [-0.4, -0.2) is 72.0 Å². The second kappa shape index (κ2) is 19.0. The maximum Gasteiger partial charge on any atom is 0.243 e. The van der Waals surface area contributed by atoms with E-state index in [1.807, 2.05) is 18.2 Å². The number of phenolic OH excluding ortho intramolecular Hbond substituents is 1. The van der Waals surface area contributed by atoms with E-state index >= 15 is 0 Å². The summed E-state index contributed by atoms with van der Waals surface area (Å²) in [4.78, 5) is 56.7. The summed E-state index contributed by atoms with van der Waals surface area (Å²) in [6.07, 6.45) is 2.37. The Kier molecular flexibility index (Phi) is 15.5. The first-order valence-corrected chi connectivity index (χ1v) is 15.4. The van der Waals surface area contributed by atoms with Crippen molar-refractivity contribution < 1.29 is 24.3 Å². The highest BCUT2D eigenvalue weighted by Crippen LogP contribution is 2.22. The highest BCUT2D eigenvalue weighted by molar-refractivity contribution is 5.95. The molecule has 0 spiro atoms. The number of rotatable bonds is 19. The molecule has 0 aromatic heterocycles. The molecule has 4 atom stereocenters. The first-order chi connectivity index (χ1) is 21.8. The molecule has 0 radical (unpaired) electrons. The Morgan fingerprint density at radius 1 is 0.783 bits per heavy atom. The van der Waals surface area contributed by atoms with Gasteiger partial charge in [0.2, 0.25) is 23.6 Å². The normalized spacial score (nSPS) is 13.5. The van der Waals surface area contributed by atoms with Crippen LogP contribution in [0.3, 0.4) is 0 Å². The van der Waals surface area contributed by atoms with E-state index < -0.39 is 47.8 Å². The maximum absolute atomic E-state index is 13.9. The molecule has 14 heteroatoms.